The van der Waals surface area contributed by atoms with E-state index in [0.29, 0.717) is 5.16 Å². The summed E-state index contributed by atoms with van der Waals surface area (Å²) >= 11 is 0. The van der Waals surface area contributed by atoms with Gasteiger partial charge in [-0.25, -0.2) is 0 Å². The number of fused-ring (bicyclic) bond motifs is 2. The van der Waals surface area contributed by atoms with Crippen molar-refractivity contribution >= 4 is 9.24 Å². The summed E-state index contributed by atoms with van der Waals surface area (Å²) < 4.78 is 0. The molecule has 1 saturated carbocycles. The van der Waals surface area contributed by atoms with Gasteiger partial charge in [0.15, 0.2) is 0 Å². The summed E-state index contributed by atoms with van der Waals surface area (Å²) in [6.07, 6.45) is 2.83. The third-order valence-electron chi connectivity index (χ3n) is 3.30. The molecule has 2 heteroatoms. The summed E-state index contributed by atoms with van der Waals surface area (Å²) in [5.74, 6) is 0.951. The highest BCUT2D eigenvalue weighted by Crippen LogP contribution is 2.48. The number of hydrogen-bond donors (Lipinski definition) is 0. The van der Waals surface area contributed by atoms with Crippen LogP contribution in [0.4, 0.5) is 0 Å². The minimum Gasteiger partial charge on any atom is -0.303 e. The van der Waals surface area contributed by atoms with Gasteiger partial charge in [0.2, 0.25) is 0 Å². The van der Waals surface area contributed by atoms with E-state index in [2.05, 4.69) is 28.1 Å². The first-order valence-corrected chi connectivity index (χ1v) is 4.66. The van der Waals surface area contributed by atoms with Crippen molar-refractivity contribution in [2.24, 2.45) is 5.92 Å². The third kappa shape index (κ3) is 0.838. The molecule has 1 saturated heterocycles. The number of piperidine rings is 1. The number of hydrogen-bond acceptors (Lipinski definition) is 1. The van der Waals surface area contributed by atoms with E-state index >= 15 is 0 Å². The summed E-state index contributed by atoms with van der Waals surface area (Å²) in [5.41, 5.74) is 0. The van der Waals surface area contributed by atoms with Crippen LogP contribution in [0.3, 0.4) is 0 Å². The van der Waals surface area contributed by atoms with Crippen LogP contribution >= 0.6 is 9.24 Å². The van der Waals surface area contributed by atoms with Gasteiger partial charge in [-0.15, -0.1) is 9.24 Å². The van der Waals surface area contributed by atoms with E-state index in [1.807, 2.05) is 0 Å². The molecule has 0 aromatic carbocycles. The van der Waals surface area contributed by atoms with Gasteiger partial charge in [-0.3, -0.25) is 0 Å². The third-order valence-corrected chi connectivity index (χ3v) is 4.00. The maximum Gasteiger partial charge on any atom is 0.0104 e. The van der Waals surface area contributed by atoms with E-state index in [4.69, 9.17) is 0 Å². The monoisotopic (exact) mass is 157 g/mol. The van der Waals surface area contributed by atoms with Gasteiger partial charge in [0.05, 0.1) is 0 Å². The van der Waals surface area contributed by atoms with Gasteiger partial charge in [-0.2, -0.15) is 0 Å². The largest absolute Gasteiger partial charge is 0.303 e. The Morgan fingerprint density at radius 2 is 2.30 bits per heavy atom. The Morgan fingerprint density at radius 1 is 1.60 bits per heavy atom. The Labute approximate surface area is 65.4 Å². The molecule has 2 fully saturated rings. The Hall–Kier alpha value is 0.390. The molecule has 0 amide bonds. The zero-order chi connectivity index (χ0) is 7.35. The van der Waals surface area contributed by atoms with Crippen molar-refractivity contribution in [1.82, 2.24) is 4.90 Å². The lowest BCUT2D eigenvalue weighted by atomic mass is 9.96. The summed E-state index contributed by atoms with van der Waals surface area (Å²) in [4.78, 5) is 2.51. The van der Waals surface area contributed by atoms with Crippen molar-refractivity contribution in [3.05, 3.63) is 0 Å². The molecular weight excluding hydrogens is 141 g/mol. The maximum atomic E-state index is 3.03. The first-order valence-electron chi connectivity index (χ1n) is 4.09. The molecule has 0 aromatic rings. The predicted molar refractivity (Wildman–Crippen MR) is 47.3 cm³/mol. The van der Waals surface area contributed by atoms with Crippen molar-refractivity contribution in [2.75, 3.05) is 13.6 Å². The molecule has 1 aliphatic heterocycles. The highest BCUT2D eigenvalue weighted by molar-refractivity contribution is 7.19. The van der Waals surface area contributed by atoms with E-state index in [1.165, 1.54) is 19.4 Å². The van der Waals surface area contributed by atoms with E-state index in [-0.39, 0.29) is 0 Å². The van der Waals surface area contributed by atoms with Crippen LogP contribution in [0.1, 0.15) is 19.8 Å². The number of nitrogens with zero attached hydrogens (tertiary/aromatic N) is 1. The normalized spacial score (nSPS) is 54.3. The van der Waals surface area contributed by atoms with Crippen LogP contribution in [0.2, 0.25) is 0 Å². The molecule has 1 heterocycles. The summed E-state index contributed by atoms with van der Waals surface area (Å²) in [6, 6.07) is 0.896. The van der Waals surface area contributed by atoms with Crippen LogP contribution in [-0.4, -0.2) is 29.7 Å². The van der Waals surface area contributed by atoms with Crippen molar-refractivity contribution in [1.29, 1.82) is 0 Å². The van der Waals surface area contributed by atoms with Crippen LogP contribution in [0.5, 0.6) is 0 Å². The first-order chi connectivity index (χ1) is 4.59. The first kappa shape index (κ1) is 7.06. The van der Waals surface area contributed by atoms with Crippen LogP contribution in [-0.2, 0) is 0 Å². The van der Waals surface area contributed by atoms with Crippen molar-refractivity contribution in [2.45, 2.75) is 31.0 Å². The standard InChI is InChI=1S/C8H16NP/c1-8(10)4-7-3-6(8)5-9(7)2/h6-7H,3-5,10H2,1-2H3/t6-,7-,8?/m0/s1. The second-order valence-electron chi connectivity index (χ2n) is 4.24. The molecule has 4 atom stereocenters. The van der Waals surface area contributed by atoms with Gasteiger partial charge >= 0.3 is 0 Å². The molecule has 0 N–H and O–H groups in total. The average Bonchev–Trinajstić information content (AvgIpc) is 2.21. The lowest BCUT2D eigenvalue weighted by Gasteiger charge is -2.34. The summed E-state index contributed by atoms with van der Waals surface area (Å²) in [6.45, 7) is 3.71. The molecule has 0 radical (unpaired) electrons. The average molecular weight is 157 g/mol. The Morgan fingerprint density at radius 3 is 2.60 bits per heavy atom. The van der Waals surface area contributed by atoms with Crippen molar-refractivity contribution in [3.8, 4) is 0 Å². The Balaban J connectivity index is 2.16. The number of likely N-dealkylation sites (tertiary alicyclic amines) is 1. The fourth-order valence-electron chi connectivity index (χ4n) is 2.47. The van der Waals surface area contributed by atoms with E-state index in [9.17, 15) is 0 Å². The molecule has 2 unspecified atom stereocenters. The topological polar surface area (TPSA) is 3.24 Å². The van der Waals surface area contributed by atoms with Crippen molar-refractivity contribution < 1.29 is 0 Å². The van der Waals surface area contributed by atoms with Crippen LogP contribution in [0.15, 0.2) is 0 Å². The fourth-order valence-corrected chi connectivity index (χ4v) is 2.98. The molecule has 1 nitrogen and oxygen atoms in total. The maximum absolute atomic E-state index is 3.03. The second kappa shape index (κ2) is 1.95. The van der Waals surface area contributed by atoms with E-state index in [0.717, 1.165) is 12.0 Å². The smallest absolute Gasteiger partial charge is 0.0104 e. The van der Waals surface area contributed by atoms with Gasteiger partial charge < -0.3 is 4.90 Å². The predicted octanol–water partition coefficient (Wildman–Crippen LogP) is 1.34. The van der Waals surface area contributed by atoms with Gasteiger partial charge in [0, 0.05) is 12.6 Å². The summed E-state index contributed by atoms with van der Waals surface area (Å²) in [7, 11) is 5.29. The zero-order valence-corrected chi connectivity index (χ0v) is 7.96. The highest BCUT2D eigenvalue weighted by Gasteiger charge is 2.47. The molecular formula is C8H16NP. The molecule has 0 spiro atoms. The quantitative estimate of drug-likeness (QED) is 0.480. The molecule has 58 valence electrons. The zero-order valence-electron chi connectivity index (χ0n) is 6.80. The molecule has 2 rings (SSSR count). The second-order valence-corrected chi connectivity index (χ2v) is 5.55. The molecule has 2 aliphatic rings. The van der Waals surface area contributed by atoms with E-state index in [1.54, 1.807) is 0 Å². The highest BCUT2D eigenvalue weighted by atomic mass is 31.0. The fraction of sp³-hybridized carbons (Fsp3) is 1.00. The molecule has 10 heavy (non-hydrogen) atoms. The van der Waals surface area contributed by atoms with Crippen LogP contribution < -0.4 is 0 Å². The molecule has 1 aliphatic carbocycles. The van der Waals surface area contributed by atoms with Gasteiger partial charge in [0.25, 0.3) is 0 Å². The van der Waals surface area contributed by atoms with Gasteiger partial charge in [-0.1, -0.05) is 6.92 Å². The molecule has 2 bridgehead atoms. The van der Waals surface area contributed by atoms with Gasteiger partial charge in [-0.05, 0) is 31.0 Å². The minimum absolute atomic E-state index is 0.567. The van der Waals surface area contributed by atoms with Crippen LogP contribution in [0, 0.1) is 5.92 Å². The Kier molecular flexibility index (Phi) is 1.38. The Bertz CT molecular complexity index is 153. The van der Waals surface area contributed by atoms with E-state index < -0.39 is 0 Å². The summed E-state index contributed by atoms with van der Waals surface area (Å²) in [5, 5.41) is 0.567. The molecule has 0 aromatic heterocycles. The van der Waals surface area contributed by atoms with Gasteiger partial charge in [0.1, 0.15) is 0 Å². The minimum atomic E-state index is 0.567. The van der Waals surface area contributed by atoms with Crippen molar-refractivity contribution in [3.63, 3.8) is 0 Å². The lowest BCUT2D eigenvalue weighted by Crippen LogP contribution is -2.38. The lowest BCUT2D eigenvalue weighted by molar-refractivity contribution is 0.235. The SMILES string of the molecule is CN1C[C@@H]2C[C@H]1CC2(C)P. The number of rotatable bonds is 0. The van der Waals surface area contributed by atoms with Crippen LogP contribution in [0.25, 0.3) is 0 Å².